The minimum absolute atomic E-state index is 0.743. The number of aryl methyl sites for hydroxylation is 1. The van der Waals surface area contributed by atoms with Crippen LogP contribution in [0.25, 0.3) is 0 Å². The molecule has 1 saturated carbocycles. The van der Waals surface area contributed by atoms with Gasteiger partial charge in [-0.2, -0.15) is 0 Å². The SMILES string of the molecule is CCC1CCC(NCc2cc(C)n(CC)c2C)CC1. The van der Waals surface area contributed by atoms with Crippen molar-refractivity contribution in [1.29, 1.82) is 0 Å². The molecular weight excluding hydrogens is 232 g/mol. The van der Waals surface area contributed by atoms with E-state index < -0.39 is 0 Å². The normalized spacial score (nSPS) is 23.8. The molecule has 2 rings (SSSR count). The van der Waals surface area contributed by atoms with E-state index in [1.165, 1.54) is 49.1 Å². The van der Waals surface area contributed by atoms with Gasteiger partial charge in [0.25, 0.3) is 0 Å². The fourth-order valence-electron chi connectivity index (χ4n) is 3.57. The zero-order valence-corrected chi connectivity index (χ0v) is 13.1. The highest BCUT2D eigenvalue weighted by Crippen LogP contribution is 2.26. The Balaban J connectivity index is 1.86. The molecule has 0 atom stereocenters. The van der Waals surface area contributed by atoms with Crippen LogP contribution in [-0.2, 0) is 13.1 Å². The molecule has 1 heterocycles. The average molecular weight is 262 g/mol. The Labute approximate surface area is 118 Å². The molecular formula is C17H30N2. The summed E-state index contributed by atoms with van der Waals surface area (Å²) in [6.07, 6.45) is 6.94. The molecule has 1 aliphatic carbocycles. The summed E-state index contributed by atoms with van der Waals surface area (Å²) >= 11 is 0. The van der Waals surface area contributed by atoms with Crippen molar-refractivity contribution in [3.8, 4) is 0 Å². The van der Waals surface area contributed by atoms with Crippen molar-refractivity contribution >= 4 is 0 Å². The van der Waals surface area contributed by atoms with Gasteiger partial charge in [0.05, 0.1) is 0 Å². The van der Waals surface area contributed by atoms with E-state index in [9.17, 15) is 0 Å². The highest BCUT2D eigenvalue weighted by molar-refractivity contribution is 5.26. The molecule has 1 aromatic heterocycles. The fraction of sp³-hybridized carbons (Fsp3) is 0.765. The van der Waals surface area contributed by atoms with E-state index in [2.05, 4.69) is 43.6 Å². The molecule has 2 nitrogen and oxygen atoms in total. The summed E-state index contributed by atoms with van der Waals surface area (Å²) in [5, 5.41) is 3.77. The van der Waals surface area contributed by atoms with Crippen LogP contribution in [0.1, 0.15) is 62.9 Å². The van der Waals surface area contributed by atoms with Crippen LogP contribution in [0.3, 0.4) is 0 Å². The molecule has 108 valence electrons. The largest absolute Gasteiger partial charge is 0.349 e. The van der Waals surface area contributed by atoms with Gasteiger partial charge in [0, 0.05) is 30.5 Å². The monoisotopic (exact) mass is 262 g/mol. The summed E-state index contributed by atoms with van der Waals surface area (Å²) in [6.45, 7) is 11.1. The number of nitrogens with one attached hydrogen (secondary N) is 1. The maximum absolute atomic E-state index is 3.77. The van der Waals surface area contributed by atoms with Gasteiger partial charge in [0.15, 0.2) is 0 Å². The quantitative estimate of drug-likeness (QED) is 0.842. The Bertz CT molecular complexity index is 398. The molecule has 0 spiro atoms. The lowest BCUT2D eigenvalue weighted by molar-refractivity contribution is 0.285. The third-order valence-electron chi connectivity index (χ3n) is 5.00. The van der Waals surface area contributed by atoms with E-state index in [4.69, 9.17) is 0 Å². The first-order valence-corrected chi connectivity index (χ1v) is 8.04. The third-order valence-corrected chi connectivity index (χ3v) is 5.00. The topological polar surface area (TPSA) is 17.0 Å². The summed E-state index contributed by atoms with van der Waals surface area (Å²) in [6, 6.07) is 3.09. The summed E-state index contributed by atoms with van der Waals surface area (Å²) in [5.74, 6) is 0.989. The van der Waals surface area contributed by atoms with Crippen LogP contribution < -0.4 is 5.32 Å². The van der Waals surface area contributed by atoms with E-state index in [1.54, 1.807) is 0 Å². The first kappa shape index (κ1) is 14.6. The van der Waals surface area contributed by atoms with Crippen LogP contribution in [0.2, 0.25) is 0 Å². The van der Waals surface area contributed by atoms with Crippen molar-refractivity contribution in [3.05, 3.63) is 23.0 Å². The maximum atomic E-state index is 3.77. The predicted octanol–water partition coefficient (Wildman–Crippen LogP) is 4.18. The first-order chi connectivity index (χ1) is 9.15. The predicted molar refractivity (Wildman–Crippen MR) is 82.5 cm³/mol. The highest BCUT2D eigenvalue weighted by atomic mass is 15.0. The summed E-state index contributed by atoms with van der Waals surface area (Å²) < 4.78 is 2.41. The molecule has 1 N–H and O–H groups in total. The van der Waals surface area contributed by atoms with Crippen LogP contribution in [0.4, 0.5) is 0 Å². The van der Waals surface area contributed by atoms with Crippen molar-refractivity contribution in [3.63, 3.8) is 0 Å². The van der Waals surface area contributed by atoms with Crippen molar-refractivity contribution < 1.29 is 0 Å². The van der Waals surface area contributed by atoms with E-state index >= 15 is 0 Å². The molecule has 0 aromatic carbocycles. The second-order valence-electron chi connectivity index (χ2n) is 6.15. The zero-order chi connectivity index (χ0) is 13.8. The van der Waals surface area contributed by atoms with Crippen LogP contribution in [0, 0.1) is 19.8 Å². The molecule has 1 aliphatic rings. The lowest BCUT2D eigenvalue weighted by Gasteiger charge is -2.28. The van der Waals surface area contributed by atoms with Crippen LogP contribution >= 0.6 is 0 Å². The van der Waals surface area contributed by atoms with Crippen LogP contribution in [-0.4, -0.2) is 10.6 Å². The van der Waals surface area contributed by atoms with Gasteiger partial charge >= 0.3 is 0 Å². The van der Waals surface area contributed by atoms with Gasteiger partial charge in [-0.15, -0.1) is 0 Å². The molecule has 0 saturated heterocycles. The second kappa shape index (κ2) is 6.60. The van der Waals surface area contributed by atoms with Gasteiger partial charge in [-0.25, -0.2) is 0 Å². The van der Waals surface area contributed by atoms with Crippen molar-refractivity contribution in [2.24, 2.45) is 5.92 Å². The van der Waals surface area contributed by atoms with Gasteiger partial charge in [-0.3, -0.25) is 0 Å². The standard InChI is InChI=1S/C17H30N2/c1-5-15-7-9-17(10-8-15)18-12-16-11-13(3)19(6-2)14(16)4/h11,15,17-18H,5-10,12H2,1-4H3. The average Bonchev–Trinajstić information content (AvgIpc) is 2.71. The van der Waals surface area contributed by atoms with Crippen molar-refractivity contribution in [2.75, 3.05) is 0 Å². The summed E-state index contributed by atoms with van der Waals surface area (Å²) in [7, 11) is 0. The Morgan fingerprint density at radius 3 is 2.37 bits per heavy atom. The molecule has 0 bridgehead atoms. The minimum Gasteiger partial charge on any atom is -0.349 e. The van der Waals surface area contributed by atoms with E-state index in [0.717, 1.165) is 25.0 Å². The number of rotatable bonds is 5. The smallest absolute Gasteiger partial charge is 0.0225 e. The summed E-state index contributed by atoms with van der Waals surface area (Å²) in [4.78, 5) is 0. The molecule has 2 heteroatoms. The van der Waals surface area contributed by atoms with Crippen LogP contribution in [0.15, 0.2) is 6.07 Å². The third kappa shape index (κ3) is 3.42. The Hall–Kier alpha value is -0.760. The van der Waals surface area contributed by atoms with Gasteiger partial charge in [-0.05, 0) is 64.0 Å². The molecule has 19 heavy (non-hydrogen) atoms. The number of aromatic nitrogens is 1. The molecule has 1 fully saturated rings. The molecule has 0 radical (unpaired) electrons. The van der Waals surface area contributed by atoms with Crippen molar-refractivity contribution in [1.82, 2.24) is 9.88 Å². The second-order valence-corrected chi connectivity index (χ2v) is 6.15. The Morgan fingerprint density at radius 1 is 1.16 bits per heavy atom. The minimum atomic E-state index is 0.743. The molecule has 0 aliphatic heterocycles. The molecule has 0 unspecified atom stereocenters. The van der Waals surface area contributed by atoms with Crippen molar-refractivity contribution in [2.45, 2.75) is 78.9 Å². The van der Waals surface area contributed by atoms with Crippen LogP contribution in [0.5, 0.6) is 0 Å². The molecule has 1 aromatic rings. The van der Waals surface area contributed by atoms with E-state index in [1.807, 2.05) is 0 Å². The van der Waals surface area contributed by atoms with Gasteiger partial charge in [0.1, 0.15) is 0 Å². The van der Waals surface area contributed by atoms with Gasteiger partial charge in [-0.1, -0.05) is 13.3 Å². The highest BCUT2D eigenvalue weighted by Gasteiger charge is 2.19. The lowest BCUT2D eigenvalue weighted by Crippen LogP contribution is -2.32. The number of nitrogens with zero attached hydrogens (tertiary/aromatic N) is 1. The maximum Gasteiger partial charge on any atom is 0.0225 e. The zero-order valence-electron chi connectivity index (χ0n) is 13.1. The Kier molecular flexibility index (Phi) is 5.09. The van der Waals surface area contributed by atoms with E-state index in [-0.39, 0.29) is 0 Å². The number of hydrogen-bond acceptors (Lipinski definition) is 1. The van der Waals surface area contributed by atoms with Gasteiger partial charge < -0.3 is 9.88 Å². The summed E-state index contributed by atoms with van der Waals surface area (Å²) in [5.41, 5.74) is 4.32. The number of hydrogen-bond donors (Lipinski definition) is 1. The van der Waals surface area contributed by atoms with Gasteiger partial charge in [0.2, 0.25) is 0 Å². The fourth-order valence-corrected chi connectivity index (χ4v) is 3.57. The molecule has 0 amide bonds. The lowest BCUT2D eigenvalue weighted by atomic mass is 9.84. The Morgan fingerprint density at radius 2 is 1.84 bits per heavy atom. The first-order valence-electron chi connectivity index (χ1n) is 8.04. The van der Waals surface area contributed by atoms with E-state index in [0.29, 0.717) is 0 Å².